The summed E-state index contributed by atoms with van der Waals surface area (Å²) in [4.78, 5) is 20.2. The molecule has 0 heterocycles. The number of carbonyl (C=O) groups is 1. The molecule has 0 aromatic heterocycles. The van der Waals surface area contributed by atoms with Crippen molar-refractivity contribution in [2.75, 3.05) is 0 Å². The first kappa shape index (κ1) is 12.2. The molecule has 16 heavy (non-hydrogen) atoms. The van der Waals surface area contributed by atoms with Gasteiger partial charge in [-0.25, -0.2) is 4.79 Å². The van der Waals surface area contributed by atoms with E-state index in [1.54, 1.807) is 0 Å². The molecule has 0 aliphatic carbocycles. The van der Waals surface area contributed by atoms with Crippen LogP contribution in [0.2, 0.25) is 0 Å². The largest absolute Gasteiger partial charge is 0.506 e. The molecule has 0 bridgehead atoms. The molecule has 0 aliphatic rings. The summed E-state index contributed by atoms with van der Waals surface area (Å²) < 4.78 is 0.131. The number of hydrogen-bond acceptors (Lipinski definition) is 4. The Labute approximate surface area is 98.1 Å². The molecule has 0 amide bonds. The molecule has 0 aliphatic heterocycles. The summed E-state index contributed by atoms with van der Waals surface area (Å²) in [6.07, 6.45) is 1.86. The second-order valence-electron chi connectivity index (χ2n) is 2.79. The second kappa shape index (κ2) is 4.75. The van der Waals surface area contributed by atoms with Crippen molar-refractivity contribution >= 4 is 33.7 Å². The highest BCUT2D eigenvalue weighted by Gasteiger charge is 2.13. The molecule has 1 aromatic carbocycles. The highest BCUT2D eigenvalue weighted by atomic mass is 79.9. The third kappa shape index (κ3) is 2.80. The third-order valence-electron chi connectivity index (χ3n) is 1.69. The van der Waals surface area contributed by atoms with Crippen molar-refractivity contribution in [1.82, 2.24) is 0 Å². The number of phenolic OH excluding ortho intramolecular Hbond substituents is 1. The maximum Gasteiger partial charge on any atom is 0.328 e. The monoisotopic (exact) mass is 287 g/mol. The lowest BCUT2D eigenvalue weighted by atomic mass is 10.1. The summed E-state index contributed by atoms with van der Waals surface area (Å²) in [6, 6.07) is 2.22. The Morgan fingerprint density at radius 2 is 2.12 bits per heavy atom. The van der Waals surface area contributed by atoms with E-state index >= 15 is 0 Å². The predicted molar refractivity (Wildman–Crippen MR) is 59.1 cm³/mol. The van der Waals surface area contributed by atoms with Gasteiger partial charge in [-0.15, -0.1) is 0 Å². The minimum Gasteiger partial charge on any atom is -0.506 e. The Hall–Kier alpha value is -1.89. The number of halogens is 1. The van der Waals surface area contributed by atoms with E-state index in [0.29, 0.717) is 0 Å². The number of hydrogen-bond donors (Lipinski definition) is 2. The quantitative estimate of drug-likeness (QED) is 0.504. The van der Waals surface area contributed by atoms with Crippen LogP contribution in [0, 0.1) is 10.1 Å². The van der Waals surface area contributed by atoms with Crippen LogP contribution in [0.5, 0.6) is 5.75 Å². The number of nitro groups is 1. The van der Waals surface area contributed by atoms with Crippen molar-refractivity contribution in [3.63, 3.8) is 0 Å². The van der Waals surface area contributed by atoms with Gasteiger partial charge in [0.1, 0.15) is 5.75 Å². The molecule has 7 heteroatoms. The normalized spacial score (nSPS) is 10.6. The van der Waals surface area contributed by atoms with Gasteiger partial charge in [0.15, 0.2) is 0 Å². The molecule has 0 unspecified atom stereocenters. The molecular formula is C9H6BrNO5. The highest BCUT2D eigenvalue weighted by molar-refractivity contribution is 9.10. The molecule has 1 rings (SSSR count). The van der Waals surface area contributed by atoms with Crippen LogP contribution >= 0.6 is 15.9 Å². The summed E-state index contributed by atoms with van der Waals surface area (Å²) in [6.45, 7) is 0. The van der Waals surface area contributed by atoms with Crippen LogP contribution in [-0.4, -0.2) is 21.1 Å². The SMILES string of the molecule is O=C(O)/C=C/c1cc([N+](=O)[O-])cc(Br)c1O. The van der Waals surface area contributed by atoms with Crippen molar-refractivity contribution in [3.05, 3.63) is 38.4 Å². The molecule has 6 nitrogen and oxygen atoms in total. The number of non-ortho nitro benzene ring substituents is 1. The zero-order valence-corrected chi connectivity index (χ0v) is 9.34. The van der Waals surface area contributed by atoms with E-state index in [2.05, 4.69) is 15.9 Å². The third-order valence-corrected chi connectivity index (χ3v) is 2.30. The molecule has 0 radical (unpaired) electrons. The lowest BCUT2D eigenvalue weighted by Gasteiger charge is -2.01. The number of rotatable bonds is 3. The van der Waals surface area contributed by atoms with Crippen molar-refractivity contribution in [2.24, 2.45) is 0 Å². The van der Waals surface area contributed by atoms with Gasteiger partial charge in [0, 0.05) is 23.8 Å². The summed E-state index contributed by atoms with van der Waals surface area (Å²) in [5.74, 6) is -1.45. The maximum atomic E-state index is 10.5. The molecule has 0 atom stereocenters. The number of nitrogens with zero attached hydrogens (tertiary/aromatic N) is 1. The van der Waals surface area contributed by atoms with E-state index in [1.807, 2.05) is 0 Å². The summed E-state index contributed by atoms with van der Waals surface area (Å²) in [7, 11) is 0. The van der Waals surface area contributed by atoms with Crippen molar-refractivity contribution in [2.45, 2.75) is 0 Å². The van der Waals surface area contributed by atoms with Gasteiger partial charge in [0.05, 0.1) is 9.40 Å². The molecule has 2 N–H and O–H groups in total. The van der Waals surface area contributed by atoms with Crippen LogP contribution in [0.15, 0.2) is 22.7 Å². The maximum absolute atomic E-state index is 10.5. The Balaban J connectivity index is 3.27. The van der Waals surface area contributed by atoms with E-state index in [0.717, 1.165) is 24.3 Å². The van der Waals surface area contributed by atoms with Crippen molar-refractivity contribution < 1.29 is 19.9 Å². The van der Waals surface area contributed by atoms with Crippen LogP contribution in [0.3, 0.4) is 0 Å². The van der Waals surface area contributed by atoms with Gasteiger partial charge in [0.25, 0.3) is 5.69 Å². The van der Waals surface area contributed by atoms with E-state index in [1.165, 1.54) is 0 Å². The Morgan fingerprint density at radius 1 is 1.50 bits per heavy atom. The topological polar surface area (TPSA) is 101 Å². The van der Waals surface area contributed by atoms with Gasteiger partial charge < -0.3 is 10.2 Å². The summed E-state index contributed by atoms with van der Waals surface area (Å²) in [5, 5.41) is 28.4. The molecule has 0 saturated heterocycles. The van der Waals surface area contributed by atoms with E-state index in [9.17, 15) is 20.0 Å². The highest BCUT2D eigenvalue weighted by Crippen LogP contribution is 2.33. The number of benzene rings is 1. The number of nitro benzene ring substituents is 1. The van der Waals surface area contributed by atoms with Gasteiger partial charge in [-0.05, 0) is 22.0 Å². The predicted octanol–water partition coefficient (Wildman–Crippen LogP) is 2.16. The Bertz CT molecular complexity index is 483. The molecule has 0 fully saturated rings. The standard InChI is InChI=1S/C9H6BrNO5/c10-7-4-6(11(15)16)3-5(9(7)14)1-2-8(12)13/h1-4,14H,(H,12,13)/b2-1+. The average molecular weight is 288 g/mol. The Morgan fingerprint density at radius 3 is 2.62 bits per heavy atom. The lowest BCUT2D eigenvalue weighted by Crippen LogP contribution is -1.90. The molecule has 0 saturated carbocycles. The van der Waals surface area contributed by atoms with Crippen LogP contribution in [0.1, 0.15) is 5.56 Å². The van der Waals surface area contributed by atoms with Gasteiger partial charge in [0.2, 0.25) is 0 Å². The molecular weight excluding hydrogens is 282 g/mol. The van der Waals surface area contributed by atoms with E-state index < -0.39 is 10.9 Å². The van der Waals surface area contributed by atoms with E-state index in [4.69, 9.17) is 5.11 Å². The number of phenols is 1. The number of aromatic hydroxyl groups is 1. The van der Waals surface area contributed by atoms with Gasteiger partial charge in [-0.2, -0.15) is 0 Å². The Kier molecular flexibility index (Phi) is 3.62. The molecule has 84 valence electrons. The first-order valence-corrected chi connectivity index (χ1v) is 4.79. The molecule has 1 aromatic rings. The van der Waals surface area contributed by atoms with Crippen molar-refractivity contribution in [1.29, 1.82) is 0 Å². The fourth-order valence-electron chi connectivity index (χ4n) is 0.999. The lowest BCUT2D eigenvalue weighted by molar-refractivity contribution is -0.385. The second-order valence-corrected chi connectivity index (χ2v) is 3.65. The summed E-state index contributed by atoms with van der Waals surface area (Å²) in [5.41, 5.74) is -0.182. The zero-order valence-electron chi connectivity index (χ0n) is 7.75. The smallest absolute Gasteiger partial charge is 0.328 e. The summed E-state index contributed by atoms with van der Waals surface area (Å²) >= 11 is 2.94. The van der Waals surface area contributed by atoms with Gasteiger partial charge in [-0.3, -0.25) is 10.1 Å². The van der Waals surface area contributed by atoms with Crippen LogP contribution in [0.4, 0.5) is 5.69 Å². The van der Waals surface area contributed by atoms with Crippen LogP contribution in [0.25, 0.3) is 6.08 Å². The fourth-order valence-corrected chi connectivity index (χ4v) is 1.46. The van der Waals surface area contributed by atoms with Crippen LogP contribution in [-0.2, 0) is 4.79 Å². The number of carboxylic acid groups (broad SMARTS) is 1. The first-order valence-electron chi connectivity index (χ1n) is 3.99. The van der Waals surface area contributed by atoms with Crippen molar-refractivity contribution in [3.8, 4) is 5.75 Å². The van der Waals surface area contributed by atoms with Gasteiger partial charge in [-0.1, -0.05) is 0 Å². The minimum absolute atomic E-state index is 0.0588. The van der Waals surface area contributed by atoms with Gasteiger partial charge >= 0.3 is 5.97 Å². The number of carboxylic acids is 1. The minimum atomic E-state index is -1.21. The zero-order chi connectivity index (χ0) is 12.3. The first-order chi connectivity index (χ1) is 7.41. The van der Waals surface area contributed by atoms with Crippen LogP contribution < -0.4 is 0 Å². The van der Waals surface area contributed by atoms with E-state index in [-0.39, 0.29) is 21.5 Å². The molecule has 0 spiro atoms. The fraction of sp³-hybridized carbons (Fsp3) is 0. The average Bonchev–Trinajstić information content (AvgIpc) is 2.19. The number of aliphatic carboxylic acids is 1.